The summed E-state index contributed by atoms with van der Waals surface area (Å²) in [6.45, 7) is 0.677. The average molecular weight is 467 g/mol. The number of amides is 1. The first-order valence-corrected chi connectivity index (χ1v) is 11.3. The lowest BCUT2D eigenvalue weighted by atomic mass is 9.92. The average Bonchev–Trinajstić information content (AvgIpc) is 3.50. The van der Waals surface area contributed by atoms with E-state index in [1.165, 1.54) is 23.8 Å². The number of carbonyl (C=O) groups is 1. The Balaban J connectivity index is 1.42. The second-order valence-corrected chi connectivity index (χ2v) is 8.51. The van der Waals surface area contributed by atoms with E-state index in [4.69, 9.17) is 9.47 Å². The lowest BCUT2D eigenvalue weighted by Crippen LogP contribution is -2.39. The number of fused-ring (bicyclic) bond motifs is 4. The molecule has 0 saturated carbocycles. The molecule has 1 N–H and O–H groups in total. The molecule has 0 radical (unpaired) electrons. The number of rotatable bonds is 4. The van der Waals surface area contributed by atoms with Crippen LogP contribution in [-0.2, 0) is 11.2 Å². The van der Waals surface area contributed by atoms with Crippen molar-refractivity contribution in [2.24, 2.45) is 0 Å². The standard InChI is InChI=1S/C27H21N3O5/c31-25(12-10-17-5-1-4-8-22(17)30(32)33)29-14-13-20-19-6-2-3-7-21(19)28-26(20)27(29)18-9-11-23-24(15-18)35-16-34-23/h1-12,15,27-28H,13-14,16H2. The maximum atomic E-state index is 13.5. The zero-order valence-corrected chi connectivity index (χ0v) is 18.6. The molecular weight excluding hydrogens is 446 g/mol. The van der Waals surface area contributed by atoms with Crippen LogP contribution in [0.2, 0.25) is 0 Å². The first kappa shape index (κ1) is 21.0. The summed E-state index contributed by atoms with van der Waals surface area (Å²) >= 11 is 0. The molecule has 1 aromatic heterocycles. The first-order valence-electron chi connectivity index (χ1n) is 11.3. The van der Waals surface area contributed by atoms with Crippen LogP contribution in [0.15, 0.2) is 72.8 Å². The molecule has 3 heterocycles. The van der Waals surface area contributed by atoms with Gasteiger partial charge in [-0.1, -0.05) is 36.4 Å². The van der Waals surface area contributed by atoms with Crippen LogP contribution < -0.4 is 9.47 Å². The number of nitrogens with zero attached hydrogens (tertiary/aromatic N) is 2. The maximum Gasteiger partial charge on any atom is 0.276 e. The highest BCUT2D eigenvalue weighted by Gasteiger charge is 2.34. The normalized spacial score (nSPS) is 16.6. The molecule has 174 valence electrons. The molecular formula is C27H21N3O5. The van der Waals surface area contributed by atoms with E-state index in [9.17, 15) is 14.9 Å². The van der Waals surface area contributed by atoms with E-state index < -0.39 is 4.92 Å². The van der Waals surface area contributed by atoms with Crippen LogP contribution in [0.4, 0.5) is 5.69 Å². The van der Waals surface area contributed by atoms with Crippen molar-refractivity contribution in [3.8, 4) is 11.5 Å². The van der Waals surface area contributed by atoms with Crippen molar-refractivity contribution in [1.82, 2.24) is 9.88 Å². The zero-order chi connectivity index (χ0) is 23.9. The summed E-state index contributed by atoms with van der Waals surface area (Å²) < 4.78 is 11.1. The topological polar surface area (TPSA) is 97.7 Å². The van der Waals surface area contributed by atoms with Gasteiger partial charge in [0.05, 0.1) is 16.5 Å². The van der Waals surface area contributed by atoms with E-state index in [0.29, 0.717) is 30.0 Å². The van der Waals surface area contributed by atoms with E-state index in [-0.39, 0.29) is 24.4 Å². The van der Waals surface area contributed by atoms with Gasteiger partial charge in [-0.2, -0.15) is 0 Å². The Kier molecular flexibility index (Phi) is 4.99. The van der Waals surface area contributed by atoms with Gasteiger partial charge in [0.25, 0.3) is 5.69 Å². The molecule has 1 amide bonds. The Labute approximate surface area is 200 Å². The summed E-state index contributed by atoms with van der Waals surface area (Å²) in [7, 11) is 0. The number of hydrogen-bond acceptors (Lipinski definition) is 5. The van der Waals surface area contributed by atoms with Gasteiger partial charge in [-0.3, -0.25) is 14.9 Å². The number of H-pyrrole nitrogens is 1. The fourth-order valence-electron chi connectivity index (χ4n) is 4.96. The van der Waals surface area contributed by atoms with E-state index in [2.05, 4.69) is 11.1 Å². The Morgan fingerprint density at radius 3 is 2.74 bits per heavy atom. The van der Waals surface area contributed by atoms with Crippen LogP contribution in [0, 0.1) is 10.1 Å². The van der Waals surface area contributed by atoms with Crippen molar-refractivity contribution in [3.63, 3.8) is 0 Å². The molecule has 3 aromatic carbocycles. The molecule has 2 aliphatic heterocycles. The summed E-state index contributed by atoms with van der Waals surface area (Å²) in [5, 5.41) is 12.5. The van der Waals surface area contributed by atoms with Crippen LogP contribution >= 0.6 is 0 Å². The van der Waals surface area contributed by atoms with Crippen LogP contribution in [-0.4, -0.2) is 34.1 Å². The Morgan fingerprint density at radius 1 is 1.06 bits per heavy atom. The van der Waals surface area contributed by atoms with Crippen molar-refractivity contribution in [1.29, 1.82) is 0 Å². The van der Waals surface area contributed by atoms with Crippen LogP contribution in [0.5, 0.6) is 11.5 Å². The van der Waals surface area contributed by atoms with Crippen molar-refractivity contribution in [2.75, 3.05) is 13.3 Å². The van der Waals surface area contributed by atoms with E-state index in [0.717, 1.165) is 22.2 Å². The summed E-state index contributed by atoms with van der Waals surface area (Å²) in [5.74, 6) is 1.10. The molecule has 35 heavy (non-hydrogen) atoms. The predicted molar refractivity (Wildman–Crippen MR) is 130 cm³/mol. The van der Waals surface area contributed by atoms with Gasteiger partial charge >= 0.3 is 0 Å². The van der Waals surface area contributed by atoms with Gasteiger partial charge in [-0.05, 0) is 47.9 Å². The lowest BCUT2D eigenvalue weighted by Gasteiger charge is -2.35. The van der Waals surface area contributed by atoms with Gasteiger partial charge in [-0.25, -0.2) is 0 Å². The SMILES string of the molecule is O=C(C=Cc1ccccc1[N+](=O)[O-])N1CCc2c([nH]c3ccccc23)C1c1ccc2c(c1)OCO2. The lowest BCUT2D eigenvalue weighted by molar-refractivity contribution is -0.385. The number of nitrogens with one attached hydrogen (secondary N) is 1. The Morgan fingerprint density at radius 2 is 1.86 bits per heavy atom. The van der Waals surface area contributed by atoms with Crippen LogP contribution in [0.1, 0.15) is 28.4 Å². The number of hydrogen-bond donors (Lipinski definition) is 1. The van der Waals surface area contributed by atoms with Crippen molar-refractivity contribution in [2.45, 2.75) is 12.5 Å². The number of nitro benzene ring substituents is 1. The van der Waals surface area contributed by atoms with Gasteiger partial charge in [-0.15, -0.1) is 0 Å². The molecule has 0 spiro atoms. The highest BCUT2D eigenvalue weighted by atomic mass is 16.7. The van der Waals surface area contributed by atoms with Crippen molar-refractivity contribution >= 4 is 28.6 Å². The number of nitro groups is 1. The first-order chi connectivity index (χ1) is 17.1. The maximum absolute atomic E-state index is 13.5. The molecule has 4 aromatic rings. The second-order valence-electron chi connectivity index (χ2n) is 8.51. The zero-order valence-electron chi connectivity index (χ0n) is 18.6. The highest BCUT2D eigenvalue weighted by molar-refractivity contribution is 5.94. The van der Waals surface area contributed by atoms with Gasteiger partial charge in [0.15, 0.2) is 11.5 Å². The molecule has 0 bridgehead atoms. The predicted octanol–water partition coefficient (Wildman–Crippen LogP) is 4.99. The number of para-hydroxylation sites is 2. The fraction of sp³-hybridized carbons (Fsp3) is 0.148. The quantitative estimate of drug-likeness (QED) is 0.259. The van der Waals surface area contributed by atoms with Gasteiger partial charge < -0.3 is 19.4 Å². The number of benzene rings is 3. The summed E-state index contributed by atoms with van der Waals surface area (Å²) in [5.41, 5.74) is 4.41. The molecule has 2 aliphatic rings. The van der Waals surface area contributed by atoms with Crippen LogP contribution in [0.3, 0.4) is 0 Å². The third-order valence-electron chi connectivity index (χ3n) is 6.57. The van der Waals surface area contributed by atoms with Gasteiger partial charge in [0, 0.05) is 35.3 Å². The summed E-state index contributed by atoms with van der Waals surface area (Å²) in [6.07, 6.45) is 3.62. The fourth-order valence-corrected chi connectivity index (χ4v) is 4.96. The molecule has 0 fully saturated rings. The van der Waals surface area contributed by atoms with Crippen LogP contribution in [0.25, 0.3) is 17.0 Å². The van der Waals surface area contributed by atoms with E-state index >= 15 is 0 Å². The summed E-state index contributed by atoms with van der Waals surface area (Å²) in [4.78, 5) is 29.7. The minimum absolute atomic E-state index is 0.0413. The number of carbonyl (C=O) groups excluding carboxylic acids is 1. The molecule has 1 atom stereocenters. The summed E-state index contributed by atoms with van der Waals surface area (Å²) in [6, 6.07) is 19.9. The number of aromatic nitrogens is 1. The molecule has 0 saturated heterocycles. The Hall–Kier alpha value is -4.59. The second kappa shape index (κ2) is 8.32. The van der Waals surface area contributed by atoms with E-state index in [1.807, 2.05) is 36.4 Å². The molecule has 1 unspecified atom stereocenters. The molecule has 8 heteroatoms. The molecule has 8 nitrogen and oxygen atoms in total. The van der Waals surface area contributed by atoms with Gasteiger partial charge in [0.1, 0.15) is 0 Å². The third-order valence-corrected chi connectivity index (χ3v) is 6.57. The molecule has 6 rings (SSSR count). The minimum Gasteiger partial charge on any atom is -0.454 e. The van der Waals surface area contributed by atoms with Crippen molar-refractivity contribution in [3.05, 3.63) is 105 Å². The molecule has 0 aliphatic carbocycles. The third kappa shape index (κ3) is 3.59. The number of ether oxygens (including phenoxy) is 2. The van der Waals surface area contributed by atoms with Gasteiger partial charge in [0.2, 0.25) is 12.7 Å². The van der Waals surface area contributed by atoms with Crippen molar-refractivity contribution < 1.29 is 19.2 Å². The highest BCUT2D eigenvalue weighted by Crippen LogP contribution is 2.42. The number of aromatic amines is 1. The van der Waals surface area contributed by atoms with E-state index in [1.54, 1.807) is 23.1 Å². The smallest absolute Gasteiger partial charge is 0.276 e. The monoisotopic (exact) mass is 467 g/mol. The largest absolute Gasteiger partial charge is 0.454 e. The minimum atomic E-state index is -0.447. The Bertz CT molecular complexity index is 1510.